The Morgan fingerprint density at radius 1 is 1.44 bits per heavy atom. The lowest BCUT2D eigenvalue weighted by Crippen LogP contribution is -2.61. The summed E-state index contributed by atoms with van der Waals surface area (Å²) in [6.45, 7) is 10.6. The molecule has 0 amide bonds. The van der Waals surface area contributed by atoms with Crippen LogP contribution in [0.15, 0.2) is 17.5 Å². The van der Waals surface area contributed by atoms with Crippen molar-refractivity contribution in [3.8, 4) is 0 Å². The van der Waals surface area contributed by atoms with Gasteiger partial charge in [-0.2, -0.15) is 0 Å². The largest absolute Gasteiger partial charge is 0.313 e. The van der Waals surface area contributed by atoms with E-state index in [4.69, 9.17) is 0 Å². The highest BCUT2D eigenvalue weighted by Gasteiger charge is 2.54. The Kier molecular flexibility index (Phi) is 3.41. The van der Waals surface area contributed by atoms with Gasteiger partial charge in [-0.05, 0) is 35.7 Å². The zero-order valence-electron chi connectivity index (χ0n) is 10.8. The summed E-state index contributed by atoms with van der Waals surface area (Å²) in [5.74, 6) is 1.50. The normalized spacial score (nSPS) is 32.4. The van der Waals surface area contributed by atoms with Crippen LogP contribution in [0.25, 0.3) is 0 Å². The average Bonchev–Trinajstić information content (AvgIpc) is 2.70. The monoisotopic (exact) mass is 237 g/mol. The first kappa shape index (κ1) is 12.1. The van der Waals surface area contributed by atoms with Gasteiger partial charge in [0.1, 0.15) is 0 Å². The van der Waals surface area contributed by atoms with E-state index in [1.807, 2.05) is 11.3 Å². The third kappa shape index (κ3) is 1.82. The molecule has 1 aromatic rings. The standard InChI is InChI=1S/C14H23NS/c1-5-8-15-13-10(2)12(14(13,3)4)11-7-6-9-16-11/h6-7,9-10,12-13,15H,5,8H2,1-4H3. The van der Waals surface area contributed by atoms with Crippen LogP contribution in [0.1, 0.15) is 44.9 Å². The van der Waals surface area contributed by atoms with Crippen molar-refractivity contribution in [3.05, 3.63) is 22.4 Å². The van der Waals surface area contributed by atoms with E-state index in [-0.39, 0.29) is 0 Å². The van der Waals surface area contributed by atoms with Gasteiger partial charge >= 0.3 is 0 Å². The van der Waals surface area contributed by atoms with Gasteiger partial charge in [-0.1, -0.05) is 33.8 Å². The molecule has 0 aromatic carbocycles. The molecular formula is C14H23NS. The van der Waals surface area contributed by atoms with Gasteiger partial charge in [0.25, 0.3) is 0 Å². The summed E-state index contributed by atoms with van der Waals surface area (Å²) in [5, 5.41) is 5.90. The van der Waals surface area contributed by atoms with Crippen LogP contribution in [0.5, 0.6) is 0 Å². The molecule has 0 bridgehead atoms. The molecule has 2 heteroatoms. The molecule has 1 heterocycles. The summed E-state index contributed by atoms with van der Waals surface area (Å²) in [6, 6.07) is 5.15. The second kappa shape index (κ2) is 4.50. The highest BCUT2D eigenvalue weighted by atomic mass is 32.1. The SMILES string of the molecule is CCCNC1C(C)C(c2cccs2)C1(C)C. The molecule has 0 aliphatic heterocycles. The molecule has 1 aromatic heterocycles. The van der Waals surface area contributed by atoms with Crippen LogP contribution in [-0.2, 0) is 0 Å². The maximum absolute atomic E-state index is 3.71. The highest BCUT2D eigenvalue weighted by molar-refractivity contribution is 7.10. The van der Waals surface area contributed by atoms with E-state index in [2.05, 4.69) is 50.5 Å². The Labute approximate surface area is 103 Å². The van der Waals surface area contributed by atoms with Crippen molar-refractivity contribution in [3.63, 3.8) is 0 Å². The fourth-order valence-corrected chi connectivity index (χ4v) is 4.60. The van der Waals surface area contributed by atoms with Crippen molar-refractivity contribution in [1.29, 1.82) is 0 Å². The first-order chi connectivity index (χ1) is 7.59. The van der Waals surface area contributed by atoms with E-state index in [0.717, 1.165) is 18.4 Å². The van der Waals surface area contributed by atoms with Crippen LogP contribution in [0.3, 0.4) is 0 Å². The molecule has 1 N–H and O–H groups in total. The minimum Gasteiger partial charge on any atom is -0.313 e. The minimum absolute atomic E-state index is 0.402. The van der Waals surface area contributed by atoms with Crippen molar-refractivity contribution < 1.29 is 0 Å². The van der Waals surface area contributed by atoms with Gasteiger partial charge in [0, 0.05) is 16.8 Å². The van der Waals surface area contributed by atoms with Crippen LogP contribution in [0.4, 0.5) is 0 Å². The number of thiophene rings is 1. The Balaban J connectivity index is 2.08. The molecule has 16 heavy (non-hydrogen) atoms. The predicted molar refractivity (Wildman–Crippen MR) is 72.1 cm³/mol. The molecule has 0 saturated heterocycles. The lowest BCUT2D eigenvalue weighted by Gasteiger charge is -2.57. The number of rotatable bonds is 4. The van der Waals surface area contributed by atoms with E-state index in [1.165, 1.54) is 6.42 Å². The Hall–Kier alpha value is -0.340. The molecular weight excluding hydrogens is 214 g/mol. The lowest BCUT2D eigenvalue weighted by molar-refractivity contribution is 0.00254. The first-order valence-corrected chi connectivity index (χ1v) is 7.23. The van der Waals surface area contributed by atoms with Gasteiger partial charge in [-0.15, -0.1) is 11.3 Å². The molecule has 0 spiro atoms. The van der Waals surface area contributed by atoms with Crippen LogP contribution < -0.4 is 5.32 Å². The summed E-state index contributed by atoms with van der Waals surface area (Å²) in [5.41, 5.74) is 0.402. The van der Waals surface area contributed by atoms with Crippen LogP contribution in [0.2, 0.25) is 0 Å². The molecule has 1 saturated carbocycles. The fourth-order valence-electron chi connectivity index (χ4n) is 3.47. The number of hydrogen-bond donors (Lipinski definition) is 1. The molecule has 3 unspecified atom stereocenters. The third-order valence-corrected chi connectivity index (χ3v) is 5.07. The average molecular weight is 237 g/mol. The van der Waals surface area contributed by atoms with Gasteiger partial charge in [0.15, 0.2) is 0 Å². The number of hydrogen-bond acceptors (Lipinski definition) is 2. The molecule has 1 aliphatic rings. The molecule has 90 valence electrons. The zero-order valence-corrected chi connectivity index (χ0v) is 11.6. The second-order valence-corrected chi connectivity index (χ2v) is 6.58. The van der Waals surface area contributed by atoms with E-state index in [9.17, 15) is 0 Å². The maximum atomic E-state index is 3.71. The summed E-state index contributed by atoms with van der Waals surface area (Å²) in [4.78, 5) is 1.56. The first-order valence-electron chi connectivity index (χ1n) is 6.35. The summed E-state index contributed by atoms with van der Waals surface area (Å²) in [6.07, 6.45) is 1.23. The molecule has 2 rings (SSSR count). The van der Waals surface area contributed by atoms with E-state index < -0.39 is 0 Å². The second-order valence-electron chi connectivity index (χ2n) is 5.61. The Morgan fingerprint density at radius 2 is 2.19 bits per heavy atom. The summed E-state index contributed by atoms with van der Waals surface area (Å²) >= 11 is 1.91. The van der Waals surface area contributed by atoms with E-state index in [1.54, 1.807) is 4.88 Å². The zero-order chi connectivity index (χ0) is 11.8. The molecule has 1 nitrogen and oxygen atoms in total. The quantitative estimate of drug-likeness (QED) is 0.838. The van der Waals surface area contributed by atoms with Gasteiger partial charge in [0.05, 0.1) is 0 Å². The number of nitrogens with one attached hydrogen (secondary N) is 1. The maximum Gasteiger partial charge on any atom is 0.0156 e. The predicted octanol–water partition coefficient (Wildman–Crippen LogP) is 3.88. The smallest absolute Gasteiger partial charge is 0.0156 e. The van der Waals surface area contributed by atoms with E-state index in [0.29, 0.717) is 11.5 Å². The van der Waals surface area contributed by atoms with Gasteiger partial charge < -0.3 is 5.32 Å². The molecule has 3 atom stereocenters. The van der Waals surface area contributed by atoms with E-state index >= 15 is 0 Å². The van der Waals surface area contributed by atoms with Crippen molar-refractivity contribution in [1.82, 2.24) is 5.32 Å². The molecule has 0 radical (unpaired) electrons. The van der Waals surface area contributed by atoms with Crippen molar-refractivity contribution in [2.45, 2.75) is 46.1 Å². The molecule has 1 aliphatic carbocycles. The fraction of sp³-hybridized carbons (Fsp3) is 0.714. The molecule has 1 fully saturated rings. The van der Waals surface area contributed by atoms with Crippen molar-refractivity contribution in [2.75, 3.05) is 6.54 Å². The van der Waals surface area contributed by atoms with Crippen LogP contribution in [-0.4, -0.2) is 12.6 Å². The van der Waals surface area contributed by atoms with Gasteiger partial charge in [-0.25, -0.2) is 0 Å². The van der Waals surface area contributed by atoms with Crippen LogP contribution >= 0.6 is 11.3 Å². The topological polar surface area (TPSA) is 12.0 Å². The summed E-state index contributed by atoms with van der Waals surface area (Å²) in [7, 11) is 0. The van der Waals surface area contributed by atoms with Gasteiger partial charge in [-0.3, -0.25) is 0 Å². The van der Waals surface area contributed by atoms with Crippen LogP contribution in [0, 0.1) is 11.3 Å². The Bertz CT molecular complexity index is 329. The highest BCUT2D eigenvalue weighted by Crippen LogP contribution is 2.57. The Morgan fingerprint density at radius 3 is 2.69 bits per heavy atom. The van der Waals surface area contributed by atoms with Crippen molar-refractivity contribution in [2.24, 2.45) is 11.3 Å². The minimum atomic E-state index is 0.402. The van der Waals surface area contributed by atoms with Gasteiger partial charge in [0.2, 0.25) is 0 Å². The summed E-state index contributed by atoms with van der Waals surface area (Å²) < 4.78 is 0. The lowest BCUT2D eigenvalue weighted by atomic mass is 9.52. The third-order valence-electron chi connectivity index (χ3n) is 4.12. The van der Waals surface area contributed by atoms with Crippen molar-refractivity contribution >= 4 is 11.3 Å².